The summed E-state index contributed by atoms with van der Waals surface area (Å²) in [7, 11) is -3.40. The minimum Gasteiger partial charge on any atom is -0.383 e. The molecule has 8 heteroatoms. The topological polar surface area (TPSA) is 106 Å². The number of nitrogens with zero attached hydrogens (tertiary/aromatic N) is 2. The number of rotatable bonds is 5. The Morgan fingerprint density at radius 3 is 2.71 bits per heavy atom. The van der Waals surface area contributed by atoms with Gasteiger partial charge in [0, 0.05) is 0 Å². The highest BCUT2D eigenvalue weighted by Gasteiger charge is 2.25. The Morgan fingerprint density at radius 2 is 2.11 bits per heavy atom. The summed E-state index contributed by atoms with van der Waals surface area (Å²) >= 11 is 1.02. The number of carbonyl (C=O) groups excluding carboxylic acids is 1. The zero-order valence-electron chi connectivity index (χ0n) is 16.7. The van der Waals surface area contributed by atoms with Crippen LogP contribution in [0.5, 0.6) is 0 Å². The van der Waals surface area contributed by atoms with Crippen LogP contribution in [0.3, 0.4) is 0 Å². The van der Waals surface area contributed by atoms with Crippen molar-refractivity contribution in [3.63, 3.8) is 0 Å². The Labute approximate surface area is 170 Å². The minimum absolute atomic E-state index is 0.0992. The monoisotopic (exact) mass is 421 g/mol. The van der Waals surface area contributed by atoms with Gasteiger partial charge in [0.2, 0.25) is 0 Å². The van der Waals surface area contributed by atoms with Crippen LogP contribution < -0.4 is 5.14 Å². The van der Waals surface area contributed by atoms with Crippen LogP contribution in [0, 0.1) is 0 Å². The highest BCUT2D eigenvalue weighted by Crippen LogP contribution is 2.32. The molecule has 0 aliphatic heterocycles. The first kappa shape index (κ1) is 21.1. The van der Waals surface area contributed by atoms with Crippen molar-refractivity contribution in [2.24, 2.45) is 9.50 Å². The molecule has 3 rings (SSSR count). The van der Waals surface area contributed by atoms with E-state index >= 15 is 0 Å². The molecule has 0 spiro atoms. The fraction of sp³-hybridized carbons (Fsp3) is 0.500. The average Bonchev–Trinajstić information content (AvgIpc) is 3.23. The Balaban J connectivity index is 1.93. The highest BCUT2D eigenvalue weighted by atomic mass is 32.2. The van der Waals surface area contributed by atoms with Crippen LogP contribution in [0.25, 0.3) is 0 Å². The molecule has 0 radical (unpaired) electrons. The van der Waals surface area contributed by atoms with Crippen molar-refractivity contribution in [2.45, 2.75) is 69.1 Å². The summed E-state index contributed by atoms with van der Waals surface area (Å²) in [5.74, 6) is -0.209. The van der Waals surface area contributed by atoms with Gasteiger partial charge in [-0.3, -0.25) is 4.79 Å². The van der Waals surface area contributed by atoms with E-state index in [0.717, 1.165) is 41.7 Å². The lowest BCUT2D eigenvalue weighted by molar-refractivity contribution is -0.117. The first-order chi connectivity index (χ1) is 13.0. The number of nitrogens with two attached hydrogens (primary N) is 1. The van der Waals surface area contributed by atoms with E-state index in [1.807, 2.05) is 0 Å². The van der Waals surface area contributed by atoms with Gasteiger partial charge in [-0.1, -0.05) is 26.0 Å². The van der Waals surface area contributed by atoms with Crippen LogP contribution in [0.4, 0.5) is 0 Å². The van der Waals surface area contributed by atoms with Gasteiger partial charge in [0.1, 0.15) is 14.8 Å². The maximum absolute atomic E-state index is 12.9. The van der Waals surface area contributed by atoms with Crippen LogP contribution in [-0.4, -0.2) is 20.2 Å². The molecule has 1 atom stereocenters. The van der Waals surface area contributed by atoms with Gasteiger partial charge in [-0.15, -0.1) is 15.7 Å². The third kappa shape index (κ3) is 4.35. The smallest absolute Gasteiger partial charge is 0.259 e. The summed E-state index contributed by atoms with van der Waals surface area (Å²) in [6.45, 7) is 7.37. The first-order valence-electron chi connectivity index (χ1n) is 9.39. The molecule has 1 unspecified atom stereocenters. The van der Waals surface area contributed by atoms with Crippen molar-refractivity contribution < 1.29 is 14.1 Å². The normalized spacial score (nSPS) is 16.1. The van der Waals surface area contributed by atoms with E-state index in [4.69, 9.17) is 5.14 Å². The van der Waals surface area contributed by atoms with Gasteiger partial charge in [0.15, 0.2) is 9.92 Å². The number of aryl methyl sites for hydroxylation is 1. The third-order valence-corrected chi connectivity index (χ3v) is 8.15. The van der Waals surface area contributed by atoms with Crippen LogP contribution in [0.2, 0.25) is 0 Å². The lowest BCUT2D eigenvalue weighted by Crippen LogP contribution is -2.16. The predicted octanol–water partition coefficient (Wildman–Crippen LogP) is 3.45. The number of benzene rings is 1. The summed E-state index contributed by atoms with van der Waals surface area (Å²) in [6.07, 6.45) is 4.50. The fourth-order valence-electron chi connectivity index (χ4n) is 3.57. The van der Waals surface area contributed by atoms with Crippen molar-refractivity contribution in [1.82, 2.24) is 4.98 Å². The van der Waals surface area contributed by atoms with Gasteiger partial charge < -0.3 is 5.11 Å². The van der Waals surface area contributed by atoms with Crippen molar-refractivity contribution in [2.75, 3.05) is 0 Å². The lowest BCUT2D eigenvalue weighted by atomic mass is 9.89. The molecule has 0 saturated heterocycles. The molecule has 1 aliphatic rings. The fourth-order valence-corrected chi connectivity index (χ4v) is 5.71. The van der Waals surface area contributed by atoms with Crippen molar-refractivity contribution in [1.29, 1.82) is 0 Å². The van der Waals surface area contributed by atoms with Gasteiger partial charge >= 0.3 is 0 Å². The van der Waals surface area contributed by atoms with E-state index in [1.165, 1.54) is 17.3 Å². The second-order valence-corrected chi connectivity index (χ2v) is 11.1. The molecule has 1 aromatic carbocycles. The Kier molecular flexibility index (Phi) is 5.78. The largest absolute Gasteiger partial charge is 0.383 e. The summed E-state index contributed by atoms with van der Waals surface area (Å²) in [5, 5.41) is 16.3. The van der Waals surface area contributed by atoms with Gasteiger partial charge in [0.25, 0.3) is 5.91 Å². The zero-order chi connectivity index (χ0) is 20.7. The van der Waals surface area contributed by atoms with Gasteiger partial charge in [-0.05, 0) is 61.3 Å². The molecule has 1 aliphatic carbocycles. The minimum atomic E-state index is -3.40. The summed E-state index contributed by atoms with van der Waals surface area (Å²) in [5.41, 5.74) is 3.50. The van der Waals surface area contributed by atoms with Gasteiger partial charge in [0.05, 0.1) is 12.6 Å². The van der Waals surface area contributed by atoms with Gasteiger partial charge in [-0.2, -0.15) is 0 Å². The average molecular weight is 422 g/mol. The van der Waals surface area contributed by atoms with E-state index in [-0.39, 0.29) is 16.5 Å². The zero-order valence-corrected chi connectivity index (χ0v) is 18.3. The SMILES string of the molecule is CC(C)c1ccc2c(c1CC(=O)N=S(N)(=O)c1cnc(C(C)(C)O)s1)CCC2. The molecule has 1 aromatic heterocycles. The second-order valence-electron chi connectivity index (χ2n) is 8.05. The molecule has 2 aromatic rings. The number of carbonyl (C=O) groups is 1. The van der Waals surface area contributed by atoms with Crippen molar-refractivity contribution in [3.8, 4) is 0 Å². The molecule has 152 valence electrons. The number of aromatic nitrogens is 1. The van der Waals surface area contributed by atoms with Crippen LogP contribution in [-0.2, 0) is 39.6 Å². The summed E-state index contributed by atoms with van der Waals surface area (Å²) in [6, 6.07) is 4.25. The number of thiazole rings is 1. The van der Waals surface area contributed by atoms with Crippen molar-refractivity contribution >= 4 is 27.2 Å². The maximum atomic E-state index is 12.9. The van der Waals surface area contributed by atoms with E-state index in [0.29, 0.717) is 5.01 Å². The molecule has 0 bridgehead atoms. The second kappa shape index (κ2) is 7.67. The maximum Gasteiger partial charge on any atom is 0.259 e. The lowest BCUT2D eigenvalue weighted by Gasteiger charge is -2.16. The number of hydrogen-bond acceptors (Lipinski definition) is 5. The first-order valence-corrected chi connectivity index (χ1v) is 11.8. The van der Waals surface area contributed by atoms with E-state index in [1.54, 1.807) is 13.8 Å². The molecule has 1 amide bonds. The van der Waals surface area contributed by atoms with Gasteiger partial charge in [-0.25, -0.2) is 14.3 Å². The standard InChI is InChI=1S/C20H27N3O3S2/c1-12(2)14-9-8-13-6-5-7-15(13)16(14)10-17(24)23-28(21,26)18-11-22-19(27-18)20(3,4)25/h8-9,11-12,25H,5-7,10H2,1-4H3,(H2,21,23,24,26). The quantitative estimate of drug-likeness (QED) is 0.771. The molecule has 6 nitrogen and oxygen atoms in total. The van der Waals surface area contributed by atoms with E-state index in [9.17, 15) is 14.1 Å². The Bertz CT molecular complexity index is 1030. The van der Waals surface area contributed by atoms with Crippen LogP contribution >= 0.6 is 11.3 Å². The van der Waals surface area contributed by atoms with E-state index in [2.05, 4.69) is 35.3 Å². The molecule has 1 heterocycles. The Hall–Kier alpha value is -1.61. The van der Waals surface area contributed by atoms with Crippen LogP contribution in [0.15, 0.2) is 26.9 Å². The molecular weight excluding hydrogens is 394 g/mol. The van der Waals surface area contributed by atoms with Crippen molar-refractivity contribution in [3.05, 3.63) is 45.6 Å². The molecular formula is C20H27N3O3S2. The number of hydrogen-bond donors (Lipinski definition) is 2. The molecule has 0 fully saturated rings. The summed E-state index contributed by atoms with van der Waals surface area (Å²) < 4.78 is 16.9. The molecule has 0 saturated carbocycles. The third-order valence-electron chi connectivity index (χ3n) is 4.92. The van der Waals surface area contributed by atoms with E-state index < -0.39 is 21.4 Å². The Morgan fingerprint density at radius 1 is 1.39 bits per heavy atom. The number of fused-ring (bicyclic) bond motifs is 1. The number of aliphatic hydroxyl groups is 1. The molecule has 28 heavy (non-hydrogen) atoms. The number of amides is 1. The molecule has 3 N–H and O–H groups in total. The highest BCUT2D eigenvalue weighted by molar-refractivity contribution is 7.93. The predicted molar refractivity (Wildman–Crippen MR) is 112 cm³/mol. The van der Waals surface area contributed by atoms with Crippen LogP contribution in [0.1, 0.15) is 67.3 Å². The summed E-state index contributed by atoms with van der Waals surface area (Å²) in [4.78, 5) is 16.8.